The lowest BCUT2D eigenvalue weighted by atomic mass is 10.3. The van der Waals surface area contributed by atoms with Gasteiger partial charge < -0.3 is 0 Å². The summed E-state index contributed by atoms with van der Waals surface area (Å²) >= 11 is 0. The van der Waals surface area contributed by atoms with Crippen molar-refractivity contribution < 1.29 is 4.79 Å². The minimum Gasteiger partial charge on any atom is -0.296 e. The number of aryl methyl sites for hydroxylation is 1. The minimum absolute atomic E-state index is 0.587. The van der Waals surface area contributed by atoms with Crippen LogP contribution in [0.5, 0.6) is 0 Å². The van der Waals surface area contributed by atoms with E-state index < -0.39 is 0 Å². The third kappa shape index (κ3) is 2.04. The van der Waals surface area contributed by atoms with Crippen molar-refractivity contribution in [2.45, 2.75) is 6.92 Å². The van der Waals surface area contributed by atoms with Crippen molar-refractivity contribution in [3.63, 3.8) is 0 Å². The lowest BCUT2D eigenvalue weighted by Crippen LogP contribution is -2.10. The molecule has 0 aliphatic carbocycles. The summed E-state index contributed by atoms with van der Waals surface area (Å²) in [6.45, 7) is 1.92. The van der Waals surface area contributed by atoms with E-state index in [1.54, 1.807) is 23.1 Å². The van der Waals surface area contributed by atoms with Gasteiger partial charge in [-0.05, 0) is 31.2 Å². The van der Waals surface area contributed by atoms with Gasteiger partial charge in [0.1, 0.15) is 5.69 Å². The molecule has 0 radical (unpaired) electrons. The number of aromatic nitrogens is 2. The van der Waals surface area contributed by atoms with Crippen LogP contribution < -0.4 is 5.43 Å². The number of pyridine rings is 1. The van der Waals surface area contributed by atoms with Crippen LogP contribution in [0.2, 0.25) is 0 Å². The van der Waals surface area contributed by atoms with Crippen LogP contribution in [0.15, 0.2) is 36.7 Å². The molecule has 0 bridgehead atoms. The second-order valence-corrected chi connectivity index (χ2v) is 3.22. The van der Waals surface area contributed by atoms with E-state index in [0.717, 1.165) is 17.7 Å². The normalized spacial score (nSPS) is 9.93. The highest BCUT2D eigenvalue weighted by Gasteiger charge is 1.99. The molecule has 0 saturated carbocycles. The molecule has 0 aliphatic rings. The zero-order valence-electron chi connectivity index (χ0n) is 8.34. The van der Waals surface area contributed by atoms with Crippen LogP contribution in [0.1, 0.15) is 16.2 Å². The quantitative estimate of drug-likeness (QED) is 0.771. The van der Waals surface area contributed by atoms with Gasteiger partial charge in [-0.2, -0.15) is 0 Å². The Kier molecular flexibility index (Phi) is 2.49. The number of hydrogen-bond donors (Lipinski definition) is 1. The van der Waals surface area contributed by atoms with Gasteiger partial charge in [0.05, 0.1) is 5.69 Å². The maximum atomic E-state index is 10.7. The van der Waals surface area contributed by atoms with Crippen molar-refractivity contribution in [3.8, 4) is 0 Å². The average molecular weight is 201 g/mol. The number of anilines is 1. The van der Waals surface area contributed by atoms with Gasteiger partial charge in [0.15, 0.2) is 6.29 Å². The molecule has 4 heteroatoms. The molecule has 0 spiro atoms. The highest BCUT2D eigenvalue weighted by Crippen LogP contribution is 2.08. The van der Waals surface area contributed by atoms with Gasteiger partial charge >= 0.3 is 0 Å². The van der Waals surface area contributed by atoms with Crippen molar-refractivity contribution >= 4 is 12.0 Å². The van der Waals surface area contributed by atoms with E-state index in [-0.39, 0.29) is 0 Å². The molecule has 0 fully saturated rings. The first kappa shape index (κ1) is 9.45. The van der Waals surface area contributed by atoms with E-state index >= 15 is 0 Å². The smallest absolute Gasteiger partial charge is 0.168 e. The van der Waals surface area contributed by atoms with Crippen LogP contribution in [0.4, 0.5) is 5.69 Å². The molecule has 4 nitrogen and oxygen atoms in total. The fourth-order valence-electron chi connectivity index (χ4n) is 1.35. The maximum Gasteiger partial charge on any atom is 0.168 e. The average Bonchev–Trinajstić information content (AvgIpc) is 2.65. The highest BCUT2D eigenvalue weighted by molar-refractivity contribution is 5.72. The first-order chi connectivity index (χ1) is 7.29. The number of carbonyl (C=O) groups excluding carboxylic acids is 1. The molecule has 15 heavy (non-hydrogen) atoms. The lowest BCUT2D eigenvalue weighted by Gasteiger charge is -2.09. The first-order valence-corrected chi connectivity index (χ1v) is 4.62. The fraction of sp³-hybridized carbons (Fsp3) is 0.0909. The highest BCUT2D eigenvalue weighted by atomic mass is 16.1. The Balaban J connectivity index is 2.25. The van der Waals surface area contributed by atoms with E-state index in [4.69, 9.17) is 0 Å². The Bertz CT molecular complexity index is 476. The number of nitrogens with one attached hydrogen (secondary N) is 1. The number of carbonyl (C=O) groups is 1. The number of hydrogen-bond acceptors (Lipinski definition) is 3. The summed E-state index contributed by atoms with van der Waals surface area (Å²) in [5, 5.41) is 0. The molecule has 2 heterocycles. The Morgan fingerprint density at radius 2 is 2.33 bits per heavy atom. The van der Waals surface area contributed by atoms with Crippen LogP contribution in [0, 0.1) is 6.92 Å². The molecule has 0 atom stereocenters. The summed E-state index contributed by atoms with van der Waals surface area (Å²) in [6.07, 6.45) is 4.32. The predicted octanol–water partition coefficient (Wildman–Crippen LogP) is 1.88. The van der Waals surface area contributed by atoms with Gasteiger partial charge in [0, 0.05) is 18.1 Å². The second-order valence-electron chi connectivity index (χ2n) is 3.22. The third-order valence-corrected chi connectivity index (χ3v) is 2.05. The summed E-state index contributed by atoms with van der Waals surface area (Å²) in [5.41, 5.74) is 5.51. The summed E-state index contributed by atoms with van der Waals surface area (Å²) < 4.78 is 1.67. The summed E-state index contributed by atoms with van der Waals surface area (Å²) in [5.74, 6) is 0. The minimum atomic E-state index is 0.587. The van der Waals surface area contributed by atoms with E-state index in [1.807, 2.05) is 25.1 Å². The Morgan fingerprint density at radius 1 is 1.47 bits per heavy atom. The van der Waals surface area contributed by atoms with Crippen LogP contribution >= 0.6 is 0 Å². The number of nitrogens with zero attached hydrogens (tertiary/aromatic N) is 2. The molecule has 0 aliphatic heterocycles. The molecule has 0 unspecified atom stereocenters. The molecular weight excluding hydrogens is 190 g/mol. The largest absolute Gasteiger partial charge is 0.296 e. The van der Waals surface area contributed by atoms with E-state index in [2.05, 4.69) is 10.4 Å². The maximum absolute atomic E-state index is 10.7. The topological polar surface area (TPSA) is 46.9 Å². The molecule has 76 valence electrons. The SMILES string of the molecule is Cc1cc(Nn2cccc2C=O)ccn1. The van der Waals surface area contributed by atoms with Gasteiger partial charge in [-0.15, -0.1) is 0 Å². The van der Waals surface area contributed by atoms with E-state index in [1.165, 1.54) is 0 Å². The molecule has 0 aromatic carbocycles. The molecular formula is C11H11N3O. The van der Waals surface area contributed by atoms with Gasteiger partial charge in [-0.25, -0.2) is 0 Å². The Hall–Kier alpha value is -2.10. The number of rotatable bonds is 3. The summed E-state index contributed by atoms with van der Waals surface area (Å²) in [6, 6.07) is 7.31. The molecule has 0 saturated heterocycles. The van der Waals surface area contributed by atoms with E-state index in [9.17, 15) is 4.79 Å². The molecule has 1 N–H and O–H groups in total. The van der Waals surface area contributed by atoms with Crippen molar-refractivity contribution in [3.05, 3.63) is 48.0 Å². The first-order valence-electron chi connectivity index (χ1n) is 4.62. The molecule has 0 amide bonds. The monoisotopic (exact) mass is 201 g/mol. The van der Waals surface area contributed by atoms with Crippen molar-refractivity contribution in [2.24, 2.45) is 0 Å². The summed E-state index contributed by atoms with van der Waals surface area (Å²) in [7, 11) is 0. The molecule has 2 aromatic heterocycles. The van der Waals surface area contributed by atoms with E-state index in [0.29, 0.717) is 5.69 Å². The van der Waals surface area contributed by atoms with Crippen molar-refractivity contribution in [1.29, 1.82) is 0 Å². The van der Waals surface area contributed by atoms with Gasteiger partial charge in [-0.1, -0.05) is 0 Å². The van der Waals surface area contributed by atoms with Crippen molar-refractivity contribution in [2.75, 3.05) is 5.43 Å². The van der Waals surface area contributed by atoms with Crippen LogP contribution in [-0.4, -0.2) is 15.9 Å². The fourth-order valence-corrected chi connectivity index (χ4v) is 1.35. The number of aldehydes is 1. The summed E-state index contributed by atoms with van der Waals surface area (Å²) in [4.78, 5) is 14.8. The Labute approximate surface area is 87.5 Å². The van der Waals surface area contributed by atoms with Gasteiger partial charge in [0.2, 0.25) is 0 Å². The van der Waals surface area contributed by atoms with Crippen molar-refractivity contribution in [1.82, 2.24) is 9.66 Å². The van der Waals surface area contributed by atoms with Gasteiger partial charge in [0.25, 0.3) is 0 Å². The standard InChI is InChI=1S/C11H11N3O/c1-9-7-10(4-5-12-9)13-14-6-2-3-11(14)8-15/h2-8H,1H3,(H,12,13). The second kappa shape index (κ2) is 3.96. The van der Waals surface area contributed by atoms with Crippen LogP contribution in [-0.2, 0) is 0 Å². The lowest BCUT2D eigenvalue weighted by molar-refractivity contribution is 0.111. The van der Waals surface area contributed by atoms with Crippen LogP contribution in [0.25, 0.3) is 0 Å². The van der Waals surface area contributed by atoms with Crippen LogP contribution in [0.3, 0.4) is 0 Å². The van der Waals surface area contributed by atoms with Gasteiger partial charge in [-0.3, -0.25) is 19.9 Å². The molecule has 2 aromatic rings. The Morgan fingerprint density at radius 3 is 3.07 bits per heavy atom. The molecule has 2 rings (SSSR count). The zero-order valence-corrected chi connectivity index (χ0v) is 8.34. The third-order valence-electron chi connectivity index (χ3n) is 2.05. The zero-order chi connectivity index (χ0) is 10.7. The predicted molar refractivity (Wildman–Crippen MR) is 57.8 cm³/mol.